The molecular weight excluding hydrogens is 212 g/mol. The third-order valence-electron chi connectivity index (χ3n) is 3.11. The fraction of sp³-hybridized carbons (Fsp3) is 0.700. The van der Waals surface area contributed by atoms with Crippen LogP contribution in [0.1, 0.15) is 25.7 Å². The molecule has 0 aromatic carbocycles. The molecule has 2 aliphatic heterocycles. The first-order valence-electron chi connectivity index (χ1n) is 5.42. The number of aliphatic carboxylic acids is 1. The van der Waals surface area contributed by atoms with Crippen molar-refractivity contribution >= 4 is 17.8 Å². The molecule has 0 radical (unpaired) electrons. The average molecular weight is 226 g/mol. The van der Waals surface area contributed by atoms with Crippen molar-refractivity contribution in [3.8, 4) is 0 Å². The third-order valence-corrected chi connectivity index (χ3v) is 3.11. The Kier molecular flexibility index (Phi) is 2.80. The van der Waals surface area contributed by atoms with E-state index in [0.29, 0.717) is 32.2 Å². The van der Waals surface area contributed by atoms with Gasteiger partial charge in [-0.1, -0.05) is 0 Å². The Morgan fingerprint density at radius 1 is 1.38 bits per heavy atom. The molecule has 2 aliphatic rings. The number of hydrogen-bond acceptors (Lipinski definition) is 3. The largest absolute Gasteiger partial charge is 0.480 e. The van der Waals surface area contributed by atoms with E-state index >= 15 is 0 Å². The number of carbonyl (C=O) groups excluding carboxylic acids is 2. The lowest BCUT2D eigenvalue weighted by atomic mass is 10.1. The lowest BCUT2D eigenvalue weighted by molar-refractivity contribution is -0.149. The maximum atomic E-state index is 12.0. The van der Waals surface area contributed by atoms with Gasteiger partial charge in [0.1, 0.15) is 12.1 Å². The van der Waals surface area contributed by atoms with Crippen molar-refractivity contribution in [3.63, 3.8) is 0 Å². The second-order valence-electron chi connectivity index (χ2n) is 4.19. The minimum atomic E-state index is -0.963. The predicted octanol–water partition coefficient (Wildman–Crippen LogP) is -0.659. The molecule has 2 fully saturated rings. The number of carboxylic acid groups (broad SMARTS) is 1. The van der Waals surface area contributed by atoms with Gasteiger partial charge in [-0.15, -0.1) is 0 Å². The van der Waals surface area contributed by atoms with E-state index in [1.54, 1.807) is 0 Å². The van der Waals surface area contributed by atoms with Gasteiger partial charge in [-0.2, -0.15) is 0 Å². The molecule has 0 aromatic rings. The maximum absolute atomic E-state index is 12.0. The van der Waals surface area contributed by atoms with E-state index in [1.807, 2.05) is 0 Å². The highest BCUT2D eigenvalue weighted by atomic mass is 16.4. The van der Waals surface area contributed by atoms with Crippen molar-refractivity contribution in [3.05, 3.63) is 0 Å². The number of rotatable bonds is 2. The molecule has 2 amide bonds. The summed E-state index contributed by atoms with van der Waals surface area (Å²) in [6.45, 7) is 0.474. The highest BCUT2D eigenvalue weighted by molar-refractivity contribution is 5.93. The van der Waals surface area contributed by atoms with Crippen molar-refractivity contribution in [2.75, 3.05) is 6.54 Å². The Bertz CT molecular complexity index is 342. The number of carbonyl (C=O) groups is 3. The molecule has 0 bridgehead atoms. The number of carboxylic acids is 1. The van der Waals surface area contributed by atoms with E-state index in [1.165, 1.54) is 4.90 Å². The minimum absolute atomic E-state index is 0.135. The van der Waals surface area contributed by atoms with Crippen molar-refractivity contribution < 1.29 is 19.5 Å². The van der Waals surface area contributed by atoms with Gasteiger partial charge < -0.3 is 15.3 Å². The molecule has 2 rings (SSSR count). The molecular formula is C10H14N2O4. The Balaban J connectivity index is 2.03. The Morgan fingerprint density at radius 3 is 2.69 bits per heavy atom. The van der Waals surface area contributed by atoms with Gasteiger partial charge in [-0.3, -0.25) is 9.59 Å². The van der Waals surface area contributed by atoms with Gasteiger partial charge in [0.15, 0.2) is 0 Å². The van der Waals surface area contributed by atoms with Gasteiger partial charge in [0.25, 0.3) is 0 Å². The summed E-state index contributed by atoms with van der Waals surface area (Å²) in [5.74, 6) is -1.35. The van der Waals surface area contributed by atoms with E-state index in [0.717, 1.165) is 0 Å². The lowest BCUT2D eigenvalue weighted by Crippen LogP contribution is -2.48. The standard InChI is InChI=1S/C10H14N2O4/c13-8-4-3-6(11-8)9(14)12-5-1-2-7(12)10(15)16/h6-7H,1-5H2,(H,11,13)(H,15,16)/t6-,7?/m1/s1. The molecule has 6 heteroatoms. The Morgan fingerprint density at radius 2 is 2.12 bits per heavy atom. The Labute approximate surface area is 92.6 Å². The van der Waals surface area contributed by atoms with Crippen molar-refractivity contribution in [2.45, 2.75) is 37.8 Å². The van der Waals surface area contributed by atoms with Crippen LogP contribution in [-0.4, -0.2) is 46.4 Å². The molecule has 0 aliphatic carbocycles. The van der Waals surface area contributed by atoms with E-state index in [9.17, 15) is 14.4 Å². The molecule has 0 aromatic heterocycles. The van der Waals surface area contributed by atoms with Crippen LogP contribution in [0.2, 0.25) is 0 Å². The first-order chi connectivity index (χ1) is 7.59. The molecule has 2 atom stereocenters. The van der Waals surface area contributed by atoms with Gasteiger partial charge >= 0.3 is 5.97 Å². The number of nitrogens with zero attached hydrogens (tertiary/aromatic N) is 1. The Hall–Kier alpha value is -1.59. The van der Waals surface area contributed by atoms with Crippen molar-refractivity contribution in [1.82, 2.24) is 10.2 Å². The summed E-state index contributed by atoms with van der Waals surface area (Å²) in [5.41, 5.74) is 0. The number of likely N-dealkylation sites (tertiary alicyclic amines) is 1. The van der Waals surface area contributed by atoms with Crippen LogP contribution in [0.25, 0.3) is 0 Å². The van der Waals surface area contributed by atoms with Gasteiger partial charge in [0, 0.05) is 13.0 Å². The molecule has 16 heavy (non-hydrogen) atoms. The molecule has 0 saturated carbocycles. The molecule has 6 nitrogen and oxygen atoms in total. The molecule has 2 N–H and O–H groups in total. The normalized spacial score (nSPS) is 29.2. The third kappa shape index (κ3) is 1.87. The fourth-order valence-corrected chi connectivity index (χ4v) is 2.29. The first-order valence-corrected chi connectivity index (χ1v) is 5.42. The summed E-state index contributed by atoms with van der Waals surface area (Å²) in [5, 5.41) is 11.5. The monoisotopic (exact) mass is 226 g/mol. The van der Waals surface area contributed by atoms with Gasteiger partial charge in [-0.25, -0.2) is 4.79 Å². The van der Waals surface area contributed by atoms with E-state index in [-0.39, 0.29) is 11.8 Å². The van der Waals surface area contributed by atoms with Crippen molar-refractivity contribution in [1.29, 1.82) is 0 Å². The SMILES string of the molecule is O=C1CC[C@H](C(=O)N2CCCC2C(=O)O)N1. The molecule has 88 valence electrons. The van der Waals surface area contributed by atoms with Gasteiger partial charge in [-0.05, 0) is 19.3 Å². The molecule has 2 saturated heterocycles. The van der Waals surface area contributed by atoms with E-state index < -0.39 is 18.1 Å². The number of hydrogen-bond donors (Lipinski definition) is 2. The van der Waals surface area contributed by atoms with Crippen LogP contribution in [0.3, 0.4) is 0 Å². The predicted molar refractivity (Wildman–Crippen MR) is 53.5 cm³/mol. The number of amides is 2. The van der Waals surface area contributed by atoms with E-state index in [4.69, 9.17) is 5.11 Å². The summed E-state index contributed by atoms with van der Waals surface area (Å²) < 4.78 is 0. The summed E-state index contributed by atoms with van der Waals surface area (Å²) in [6.07, 6.45) is 2.04. The molecule has 2 heterocycles. The van der Waals surface area contributed by atoms with Crippen LogP contribution in [0.4, 0.5) is 0 Å². The van der Waals surface area contributed by atoms with Crippen LogP contribution in [0.5, 0.6) is 0 Å². The summed E-state index contributed by atoms with van der Waals surface area (Å²) in [6, 6.07) is -1.24. The zero-order chi connectivity index (χ0) is 11.7. The van der Waals surface area contributed by atoms with Crippen LogP contribution < -0.4 is 5.32 Å². The summed E-state index contributed by atoms with van der Waals surface area (Å²) in [7, 11) is 0. The lowest BCUT2D eigenvalue weighted by Gasteiger charge is -2.24. The van der Waals surface area contributed by atoms with Gasteiger partial charge in [0.2, 0.25) is 11.8 Å². The highest BCUT2D eigenvalue weighted by Gasteiger charge is 2.39. The van der Waals surface area contributed by atoms with Crippen LogP contribution in [0.15, 0.2) is 0 Å². The second kappa shape index (κ2) is 4.11. The van der Waals surface area contributed by atoms with Crippen LogP contribution >= 0.6 is 0 Å². The van der Waals surface area contributed by atoms with Gasteiger partial charge in [0.05, 0.1) is 0 Å². The summed E-state index contributed by atoms with van der Waals surface area (Å²) >= 11 is 0. The zero-order valence-corrected chi connectivity index (χ0v) is 8.81. The second-order valence-corrected chi connectivity index (χ2v) is 4.19. The average Bonchev–Trinajstić information content (AvgIpc) is 2.84. The maximum Gasteiger partial charge on any atom is 0.326 e. The fourth-order valence-electron chi connectivity index (χ4n) is 2.29. The van der Waals surface area contributed by atoms with Crippen LogP contribution in [0, 0.1) is 0 Å². The molecule has 0 spiro atoms. The topological polar surface area (TPSA) is 86.7 Å². The van der Waals surface area contributed by atoms with E-state index in [2.05, 4.69) is 5.32 Å². The molecule has 1 unspecified atom stereocenters. The number of nitrogens with one attached hydrogen (secondary N) is 1. The highest BCUT2D eigenvalue weighted by Crippen LogP contribution is 2.20. The quantitative estimate of drug-likeness (QED) is 0.654. The minimum Gasteiger partial charge on any atom is -0.480 e. The van der Waals surface area contributed by atoms with Crippen LogP contribution in [-0.2, 0) is 14.4 Å². The summed E-state index contributed by atoms with van der Waals surface area (Å²) in [4.78, 5) is 35.2. The smallest absolute Gasteiger partial charge is 0.326 e. The van der Waals surface area contributed by atoms with Crippen molar-refractivity contribution in [2.24, 2.45) is 0 Å². The zero-order valence-electron chi connectivity index (χ0n) is 8.81. The first kappa shape index (κ1) is 10.9.